The minimum atomic E-state index is 0.609. The van der Waals surface area contributed by atoms with Gasteiger partial charge in [-0.3, -0.25) is 4.98 Å². The first kappa shape index (κ1) is 13.7. The standard InChI is InChI=1S/C15H17IN4/c1-3-18-15-12(16)13(10-4-5-10)19-14(20-15)11-8-17-7-6-9(11)2/h6-8,10H,3-5H2,1-2H3,(H,18,19,20). The van der Waals surface area contributed by atoms with Crippen molar-refractivity contribution in [2.45, 2.75) is 32.6 Å². The monoisotopic (exact) mass is 380 g/mol. The highest BCUT2D eigenvalue weighted by Gasteiger charge is 2.29. The Kier molecular flexibility index (Phi) is 3.87. The summed E-state index contributed by atoms with van der Waals surface area (Å²) in [6.45, 7) is 5.02. The van der Waals surface area contributed by atoms with E-state index in [2.05, 4.69) is 46.7 Å². The molecule has 0 unspecified atom stereocenters. The zero-order valence-corrected chi connectivity index (χ0v) is 13.8. The summed E-state index contributed by atoms with van der Waals surface area (Å²) in [6.07, 6.45) is 6.14. The van der Waals surface area contributed by atoms with Crippen LogP contribution in [-0.4, -0.2) is 21.5 Å². The fourth-order valence-corrected chi connectivity index (χ4v) is 3.07. The van der Waals surface area contributed by atoms with Gasteiger partial charge in [0.2, 0.25) is 0 Å². The summed E-state index contributed by atoms with van der Waals surface area (Å²) in [7, 11) is 0. The number of aromatic nitrogens is 3. The molecule has 1 fully saturated rings. The van der Waals surface area contributed by atoms with Crippen molar-refractivity contribution in [3.05, 3.63) is 33.3 Å². The molecule has 0 amide bonds. The third-order valence-electron chi connectivity index (χ3n) is 3.47. The van der Waals surface area contributed by atoms with Crippen molar-refractivity contribution in [2.24, 2.45) is 0 Å². The molecule has 1 N–H and O–H groups in total. The Bertz CT molecular complexity index is 638. The van der Waals surface area contributed by atoms with Crippen molar-refractivity contribution in [3.8, 4) is 11.4 Å². The lowest BCUT2D eigenvalue weighted by molar-refractivity contribution is 0.969. The smallest absolute Gasteiger partial charge is 0.163 e. The molecular formula is C15H17IN4. The van der Waals surface area contributed by atoms with E-state index in [0.29, 0.717) is 5.92 Å². The minimum Gasteiger partial charge on any atom is -0.369 e. The van der Waals surface area contributed by atoms with Gasteiger partial charge in [0.1, 0.15) is 5.82 Å². The van der Waals surface area contributed by atoms with Crippen LogP contribution < -0.4 is 5.32 Å². The Hall–Kier alpha value is -1.24. The molecule has 0 aromatic carbocycles. The van der Waals surface area contributed by atoms with E-state index < -0.39 is 0 Å². The van der Waals surface area contributed by atoms with Crippen LogP contribution in [0.3, 0.4) is 0 Å². The highest BCUT2D eigenvalue weighted by molar-refractivity contribution is 14.1. The van der Waals surface area contributed by atoms with Crippen LogP contribution in [0.25, 0.3) is 11.4 Å². The van der Waals surface area contributed by atoms with Gasteiger partial charge in [-0.15, -0.1) is 0 Å². The Balaban J connectivity index is 2.13. The Morgan fingerprint density at radius 1 is 1.35 bits per heavy atom. The van der Waals surface area contributed by atoms with Gasteiger partial charge >= 0.3 is 0 Å². The summed E-state index contributed by atoms with van der Waals surface area (Å²) in [6, 6.07) is 2.00. The summed E-state index contributed by atoms with van der Waals surface area (Å²) in [5, 5.41) is 3.35. The lowest BCUT2D eigenvalue weighted by Crippen LogP contribution is -2.08. The van der Waals surface area contributed by atoms with Gasteiger partial charge in [-0.1, -0.05) is 0 Å². The first-order valence-corrected chi connectivity index (χ1v) is 8.01. The molecule has 2 aromatic heterocycles. The second kappa shape index (κ2) is 5.63. The molecule has 0 atom stereocenters. The SMILES string of the molecule is CCNc1nc(-c2cnccc2C)nc(C2CC2)c1I. The first-order chi connectivity index (χ1) is 9.70. The lowest BCUT2D eigenvalue weighted by atomic mass is 10.1. The average Bonchev–Trinajstić information content (AvgIpc) is 3.26. The predicted molar refractivity (Wildman–Crippen MR) is 88.9 cm³/mol. The summed E-state index contributed by atoms with van der Waals surface area (Å²) in [4.78, 5) is 13.7. The molecule has 0 aliphatic heterocycles. The van der Waals surface area contributed by atoms with E-state index in [-0.39, 0.29) is 0 Å². The quantitative estimate of drug-likeness (QED) is 0.821. The van der Waals surface area contributed by atoms with Gasteiger partial charge in [0.25, 0.3) is 0 Å². The van der Waals surface area contributed by atoms with Gasteiger partial charge in [-0.05, 0) is 60.9 Å². The molecule has 0 radical (unpaired) electrons. The molecule has 3 rings (SSSR count). The second-order valence-corrected chi connectivity index (χ2v) is 6.17. The number of anilines is 1. The Labute approximate surface area is 132 Å². The third kappa shape index (κ3) is 2.63. The maximum absolute atomic E-state index is 4.81. The van der Waals surface area contributed by atoms with E-state index in [0.717, 1.165) is 32.9 Å². The molecule has 1 aliphatic carbocycles. The molecule has 1 saturated carbocycles. The predicted octanol–water partition coefficient (Wildman–Crippen LogP) is 3.76. The van der Waals surface area contributed by atoms with Crippen molar-refractivity contribution in [3.63, 3.8) is 0 Å². The van der Waals surface area contributed by atoms with Crippen molar-refractivity contribution < 1.29 is 0 Å². The van der Waals surface area contributed by atoms with Crippen LogP contribution in [0.15, 0.2) is 18.5 Å². The van der Waals surface area contributed by atoms with Crippen LogP contribution in [-0.2, 0) is 0 Å². The van der Waals surface area contributed by atoms with Crippen molar-refractivity contribution in [2.75, 3.05) is 11.9 Å². The minimum absolute atomic E-state index is 0.609. The molecule has 1 aliphatic rings. The number of hydrogen-bond acceptors (Lipinski definition) is 4. The Morgan fingerprint density at radius 3 is 2.80 bits per heavy atom. The summed E-state index contributed by atoms with van der Waals surface area (Å²) < 4.78 is 1.16. The molecule has 2 aromatic rings. The molecule has 104 valence electrons. The van der Waals surface area contributed by atoms with E-state index in [1.54, 1.807) is 6.20 Å². The van der Waals surface area contributed by atoms with E-state index in [9.17, 15) is 0 Å². The summed E-state index contributed by atoms with van der Waals surface area (Å²) >= 11 is 2.36. The largest absolute Gasteiger partial charge is 0.369 e. The van der Waals surface area contributed by atoms with Crippen LogP contribution in [0, 0.1) is 10.5 Å². The fraction of sp³-hybridized carbons (Fsp3) is 0.400. The lowest BCUT2D eigenvalue weighted by Gasteiger charge is -2.12. The van der Waals surface area contributed by atoms with Gasteiger partial charge in [0.15, 0.2) is 5.82 Å². The van der Waals surface area contributed by atoms with E-state index in [4.69, 9.17) is 9.97 Å². The molecule has 2 heterocycles. The van der Waals surface area contributed by atoms with Gasteiger partial charge in [-0.25, -0.2) is 9.97 Å². The van der Waals surface area contributed by atoms with Gasteiger partial charge in [0, 0.05) is 30.4 Å². The van der Waals surface area contributed by atoms with Gasteiger partial charge in [-0.2, -0.15) is 0 Å². The maximum atomic E-state index is 4.81. The van der Waals surface area contributed by atoms with Crippen LogP contribution in [0.1, 0.15) is 36.9 Å². The normalized spacial score (nSPS) is 14.3. The second-order valence-electron chi connectivity index (χ2n) is 5.09. The molecule has 20 heavy (non-hydrogen) atoms. The highest BCUT2D eigenvalue weighted by Crippen LogP contribution is 2.43. The Morgan fingerprint density at radius 2 is 2.15 bits per heavy atom. The highest BCUT2D eigenvalue weighted by atomic mass is 127. The number of rotatable bonds is 4. The first-order valence-electron chi connectivity index (χ1n) is 6.93. The summed E-state index contributed by atoms with van der Waals surface area (Å²) in [5.74, 6) is 2.34. The molecule has 5 heteroatoms. The van der Waals surface area contributed by atoms with Crippen LogP contribution in [0.4, 0.5) is 5.82 Å². The molecule has 0 saturated heterocycles. The van der Waals surface area contributed by atoms with Crippen LogP contribution >= 0.6 is 22.6 Å². The number of pyridine rings is 1. The number of halogens is 1. The van der Waals surface area contributed by atoms with Gasteiger partial charge < -0.3 is 5.32 Å². The number of nitrogens with zero attached hydrogens (tertiary/aromatic N) is 3. The van der Waals surface area contributed by atoms with Crippen LogP contribution in [0.5, 0.6) is 0 Å². The average molecular weight is 380 g/mol. The number of hydrogen-bond donors (Lipinski definition) is 1. The van der Waals surface area contributed by atoms with E-state index >= 15 is 0 Å². The van der Waals surface area contributed by atoms with Gasteiger partial charge in [0.05, 0.1) is 9.26 Å². The topological polar surface area (TPSA) is 50.7 Å². The van der Waals surface area contributed by atoms with Crippen molar-refractivity contribution >= 4 is 28.4 Å². The number of nitrogens with one attached hydrogen (secondary N) is 1. The van der Waals surface area contributed by atoms with E-state index in [1.807, 2.05) is 12.3 Å². The van der Waals surface area contributed by atoms with Crippen molar-refractivity contribution in [1.29, 1.82) is 0 Å². The van der Waals surface area contributed by atoms with Crippen LogP contribution in [0.2, 0.25) is 0 Å². The molecular weight excluding hydrogens is 363 g/mol. The zero-order valence-electron chi connectivity index (χ0n) is 11.7. The molecule has 0 spiro atoms. The zero-order chi connectivity index (χ0) is 14.1. The van der Waals surface area contributed by atoms with Crippen molar-refractivity contribution in [1.82, 2.24) is 15.0 Å². The summed E-state index contributed by atoms with van der Waals surface area (Å²) in [5.41, 5.74) is 3.37. The third-order valence-corrected chi connectivity index (χ3v) is 4.53. The molecule has 0 bridgehead atoms. The fourth-order valence-electron chi connectivity index (χ4n) is 2.19. The molecule has 4 nitrogen and oxygen atoms in total. The number of aryl methyl sites for hydroxylation is 1. The van der Waals surface area contributed by atoms with E-state index in [1.165, 1.54) is 18.5 Å². The maximum Gasteiger partial charge on any atom is 0.163 e.